The van der Waals surface area contributed by atoms with Gasteiger partial charge in [0.25, 0.3) is 0 Å². The van der Waals surface area contributed by atoms with E-state index in [2.05, 4.69) is 10.3 Å². The van der Waals surface area contributed by atoms with Gasteiger partial charge in [0.15, 0.2) is 0 Å². The van der Waals surface area contributed by atoms with Gasteiger partial charge in [-0.25, -0.2) is 13.4 Å². The van der Waals surface area contributed by atoms with Gasteiger partial charge in [0, 0.05) is 25.8 Å². The van der Waals surface area contributed by atoms with Crippen molar-refractivity contribution >= 4 is 15.8 Å². The number of anilines is 1. The van der Waals surface area contributed by atoms with Crippen molar-refractivity contribution < 1.29 is 13.5 Å². The van der Waals surface area contributed by atoms with Crippen LogP contribution in [0.3, 0.4) is 0 Å². The number of aliphatic hydroxyl groups is 1. The predicted molar refractivity (Wildman–Crippen MR) is 69.9 cm³/mol. The highest BCUT2D eigenvalue weighted by atomic mass is 32.2. The van der Waals surface area contributed by atoms with Gasteiger partial charge in [0.05, 0.1) is 6.61 Å². The Morgan fingerprint density at radius 3 is 2.67 bits per heavy atom. The normalized spacial score (nSPS) is 12.1. The van der Waals surface area contributed by atoms with E-state index in [9.17, 15) is 8.42 Å². The third kappa shape index (κ3) is 2.98. The zero-order chi connectivity index (χ0) is 13.8. The van der Waals surface area contributed by atoms with Gasteiger partial charge in [0.1, 0.15) is 10.7 Å². The van der Waals surface area contributed by atoms with E-state index in [1.54, 1.807) is 27.0 Å². The summed E-state index contributed by atoms with van der Waals surface area (Å²) in [6.45, 7) is 3.38. The van der Waals surface area contributed by atoms with Gasteiger partial charge in [-0.1, -0.05) is 0 Å². The largest absolute Gasteiger partial charge is 0.395 e. The Balaban J connectivity index is 3.26. The number of hydrogen-bond donors (Lipinski definition) is 2. The molecule has 1 rings (SSSR count). The number of aliphatic hydroxyl groups excluding tert-OH is 1. The van der Waals surface area contributed by atoms with E-state index in [4.69, 9.17) is 5.11 Å². The van der Waals surface area contributed by atoms with Crippen LogP contribution in [-0.4, -0.2) is 49.1 Å². The summed E-state index contributed by atoms with van der Waals surface area (Å²) in [7, 11) is -2.04. The molecule has 6 nitrogen and oxygen atoms in total. The first kappa shape index (κ1) is 14.9. The van der Waals surface area contributed by atoms with Gasteiger partial charge in [-0.15, -0.1) is 0 Å². The Kier molecular flexibility index (Phi) is 5.06. The average molecular weight is 273 g/mol. The fourth-order valence-electron chi connectivity index (χ4n) is 1.67. The van der Waals surface area contributed by atoms with Crippen LogP contribution in [0.1, 0.15) is 13.8 Å². The number of sulfonamides is 1. The molecule has 0 saturated carbocycles. The van der Waals surface area contributed by atoms with E-state index in [0.717, 1.165) is 0 Å². The lowest BCUT2D eigenvalue weighted by Gasteiger charge is -2.25. The van der Waals surface area contributed by atoms with Gasteiger partial charge in [0.2, 0.25) is 10.0 Å². The molecule has 0 spiro atoms. The van der Waals surface area contributed by atoms with E-state index in [1.165, 1.54) is 16.6 Å². The SMILES string of the molecule is CNc1ncccc1S(=O)(=O)N(CCO)C(C)C. The lowest BCUT2D eigenvalue weighted by Crippen LogP contribution is -2.39. The third-order valence-corrected chi connectivity index (χ3v) is 4.60. The molecule has 7 heteroatoms. The van der Waals surface area contributed by atoms with Crippen LogP contribution in [0.15, 0.2) is 23.2 Å². The summed E-state index contributed by atoms with van der Waals surface area (Å²) in [6, 6.07) is 2.85. The summed E-state index contributed by atoms with van der Waals surface area (Å²) >= 11 is 0. The highest BCUT2D eigenvalue weighted by Gasteiger charge is 2.28. The van der Waals surface area contributed by atoms with Gasteiger partial charge >= 0.3 is 0 Å². The molecule has 0 amide bonds. The fraction of sp³-hybridized carbons (Fsp3) is 0.545. The minimum Gasteiger partial charge on any atom is -0.395 e. The van der Waals surface area contributed by atoms with Gasteiger partial charge < -0.3 is 10.4 Å². The van der Waals surface area contributed by atoms with Crippen molar-refractivity contribution in [3.63, 3.8) is 0 Å². The maximum absolute atomic E-state index is 12.5. The van der Waals surface area contributed by atoms with E-state index in [-0.39, 0.29) is 24.1 Å². The number of aromatic nitrogens is 1. The standard InChI is InChI=1S/C11H19N3O3S/c1-9(2)14(7-8-15)18(16,17)10-5-4-6-13-11(10)12-3/h4-6,9,15H,7-8H2,1-3H3,(H,12,13). The summed E-state index contributed by atoms with van der Waals surface area (Å²) in [5, 5.41) is 11.7. The minimum absolute atomic E-state index is 0.0675. The second kappa shape index (κ2) is 6.12. The summed E-state index contributed by atoms with van der Waals surface area (Å²) in [5.41, 5.74) is 0. The second-order valence-corrected chi connectivity index (χ2v) is 5.89. The highest BCUT2D eigenvalue weighted by Crippen LogP contribution is 2.23. The summed E-state index contributed by atoms with van der Waals surface area (Å²) in [4.78, 5) is 4.11. The maximum atomic E-state index is 12.5. The molecule has 18 heavy (non-hydrogen) atoms. The molecule has 2 N–H and O–H groups in total. The molecular formula is C11H19N3O3S. The second-order valence-electron chi connectivity index (χ2n) is 4.03. The van der Waals surface area contributed by atoms with Crippen LogP contribution < -0.4 is 5.32 Å². The van der Waals surface area contributed by atoms with Crippen LogP contribution in [0.25, 0.3) is 0 Å². The fourth-order valence-corrected chi connectivity index (χ4v) is 3.45. The Morgan fingerprint density at radius 1 is 1.50 bits per heavy atom. The zero-order valence-corrected chi connectivity index (χ0v) is 11.6. The molecule has 0 aliphatic carbocycles. The molecule has 0 aliphatic rings. The average Bonchev–Trinajstić information content (AvgIpc) is 2.35. The molecule has 1 aromatic heterocycles. The van der Waals surface area contributed by atoms with E-state index in [0.29, 0.717) is 5.82 Å². The number of pyridine rings is 1. The predicted octanol–water partition coefficient (Wildman–Crippen LogP) is 0.515. The van der Waals surface area contributed by atoms with Gasteiger partial charge in [-0.05, 0) is 26.0 Å². The topological polar surface area (TPSA) is 82.5 Å². The van der Waals surface area contributed by atoms with Crippen molar-refractivity contribution in [2.24, 2.45) is 0 Å². The lowest BCUT2D eigenvalue weighted by atomic mass is 10.4. The molecule has 0 fully saturated rings. The van der Waals surface area contributed by atoms with E-state index >= 15 is 0 Å². The Morgan fingerprint density at radius 2 is 2.17 bits per heavy atom. The third-order valence-electron chi connectivity index (χ3n) is 2.49. The molecule has 1 aromatic rings. The Bertz CT molecular complexity index is 488. The molecular weight excluding hydrogens is 254 g/mol. The van der Waals surface area contributed by atoms with Crippen molar-refractivity contribution in [2.75, 3.05) is 25.5 Å². The van der Waals surface area contributed by atoms with Crippen LogP contribution in [0.2, 0.25) is 0 Å². The van der Waals surface area contributed by atoms with Crippen molar-refractivity contribution in [3.05, 3.63) is 18.3 Å². The number of hydrogen-bond acceptors (Lipinski definition) is 5. The molecule has 0 radical (unpaired) electrons. The summed E-state index contributed by atoms with van der Waals surface area (Å²) in [6.07, 6.45) is 1.52. The number of nitrogens with one attached hydrogen (secondary N) is 1. The van der Waals surface area contributed by atoms with Crippen LogP contribution in [-0.2, 0) is 10.0 Å². The Hall–Kier alpha value is -1.18. The molecule has 0 atom stereocenters. The molecule has 0 unspecified atom stereocenters. The van der Waals surface area contributed by atoms with Crippen molar-refractivity contribution in [2.45, 2.75) is 24.8 Å². The van der Waals surface area contributed by atoms with Crippen molar-refractivity contribution in [1.82, 2.24) is 9.29 Å². The molecule has 0 aromatic carbocycles. The molecule has 0 aliphatic heterocycles. The number of rotatable bonds is 6. The first-order chi connectivity index (χ1) is 8.45. The van der Waals surface area contributed by atoms with Gasteiger partial charge in [-0.2, -0.15) is 4.31 Å². The number of nitrogens with zero attached hydrogens (tertiary/aromatic N) is 2. The molecule has 1 heterocycles. The first-order valence-corrected chi connectivity index (χ1v) is 7.14. The summed E-state index contributed by atoms with van der Waals surface area (Å²) < 4.78 is 26.2. The lowest BCUT2D eigenvalue weighted by molar-refractivity contribution is 0.236. The quantitative estimate of drug-likeness (QED) is 0.789. The monoisotopic (exact) mass is 273 g/mol. The van der Waals surface area contributed by atoms with Crippen molar-refractivity contribution in [1.29, 1.82) is 0 Å². The Labute approximate surface area is 108 Å². The molecule has 0 bridgehead atoms. The van der Waals surface area contributed by atoms with Crippen LogP contribution in [0, 0.1) is 0 Å². The van der Waals surface area contributed by atoms with Gasteiger partial charge in [-0.3, -0.25) is 0 Å². The maximum Gasteiger partial charge on any atom is 0.247 e. The summed E-state index contributed by atoms with van der Waals surface area (Å²) in [5.74, 6) is 0.307. The van der Waals surface area contributed by atoms with Crippen LogP contribution in [0.5, 0.6) is 0 Å². The highest BCUT2D eigenvalue weighted by molar-refractivity contribution is 7.89. The molecule has 0 saturated heterocycles. The van der Waals surface area contributed by atoms with Crippen LogP contribution >= 0.6 is 0 Å². The van der Waals surface area contributed by atoms with E-state index in [1.807, 2.05) is 0 Å². The zero-order valence-electron chi connectivity index (χ0n) is 10.8. The molecule has 102 valence electrons. The smallest absolute Gasteiger partial charge is 0.247 e. The van der Waals surface area contributed by atoms with Crippen LogP contribution in [0.4, 0.5) is 5.82 Å². The van der Waals surface area contributed by atoms with Crippen molar-refractivity contribution in [3.8, 4) is 0 Å². The minimum atomic E-state index is -3.66. The first-order valence-electron chi connectivity index (χ1n) is 5.70. The van der Waals surface area contributed by atoms with E-state index < -0.39 is 10.0 Å².